The van der Waals surface area contributed by atoms with E-state index in [9.17, 15) is 14.7 Å². The molecule has 3 aromatic carbocycles. The van der Waals surface area contributed by atoms with Crippen molar-refractivity contribution in [3.8, 4) is 11.1 Å². The summed E-state index contributed by atoms with van der Waals surface area (Å²) < 4.78 is 5.82. The van der Waals surface area contributed by atoms with Gasteiger partial charge in [-0.1, -0.05) is 72.8 Å². The van der Waals surface area contributed by atoms with Crippen molar-refractivity contribution < 1.29 is 19.4 Å². The highest BCUT2D eigenvalue weighted by molar-refractivity contribution is 5.82. The largest absolute Gasteiger partial charge is 0.480 e. The van der Waals surface area contributed by atoms with Gasteiger partial charge in [-0.05, 0) is 53.1 Å². The Hall–Kier alpha value is -3.60. The van der Waals surface area contributed by atoms with Gasteiger partial charge in [0.1, 0.15) is 12.6 Å². The summed E-state index contributed by atoms with van der Waals surface area (Å²) in [6, 6.07) is 23.0. The molecule has 1 heterocycles. The Bertz CT molecular complexity index is 1140. The number of hydrogen-bond acceptors (Lipinski definition) is 3. The highest BCUT2D eigenvalue weighted by Crippen LogP contribution is 2.45. The average Bonchev–Trinajstić information content (AvgIpc) is 3.38. The maximum Gasteiger partial charge on any atom is 0.411 e. The van der Waals surface area contributed by atoms with E-state index >= 15 is 0 Å². The van der Waals surface area contributed by atoms with Crippen molar-refractivity contribution in [2.45, 2.75) is 37.8 Å². The Morgan fingerprint density at radius 1 is 0.875 bits per heavy atom. The third-order valence-corrected chi connectivity index (χ3v) is 6.76. The number of carbonyl (C=O) groups excluding carboxylic acids is 1. The summed E-state index contributed by atoms with van der Waals surface area (Å²) in [6.45, 7) is 2.16. The van der Waals surface area contributed by atoms with E-state index in [0.717, 1.165) is 33.4 Å². The van der Waals surface area contributed by atoms with Gasteiger partial charge in [0.15, 0.2) is 0 Å². The molecule has 1 fully saturated rings. The predicted molar refractivity (Wildman–Crippen MR) is 121 cm³/mol. The molecule has 2 aliphatic rings. The van der Waals surface area contributed by atoms with E-state index in [1.165, 1.54) is 4.90 Å². The van der Waals surface area contributed by atoms with Crippen LogP contribution < -0.4 is 0 Å². The molecule has 1 saturated heterocycles. The van der Waals surface area contributed by atoms with Crippen LogP contribution in [-0.4, -0.2) is 34.7 Å². The molecule has 1 aliphatic heterocycles. The summed E-state index contributed by atoms with van der Waals surface area (Å²) in [5, 5.41) is 9.76. The number of nitrogens with zero attached hydrogens (tertiary/aromatic N) is 1. The Morgan fingerprint density at radius 3 is 2.03 bits per heavy atom. The van der Waals surface area contributed by atoms with Crippen LogP contribution in [0.5, 0.6) is 0 Å². The quantitative estimate of drug-likeness (QED) is 0.594. The van der Waals surface area contributed by atoms with Gasteiger partial charge in [-0.2, -0.15) is 0 Å². The monoisotopic (exact) mass is 427 g/mol. The van der Waals surface area contributed by atoms with Crippen LogP contribution in [0.4, 0.5) is 4.79 Å². The summed E-state index contributed by atoms with van der Waals surface area (Å²) in [5.74, 6) is -1.05. The van der Waals surface area contributed by atoms with Gasteiger partial charge in [0, 0.05) is 5.92 Å². The first-order valence-electron chi connectivity index (χ1n) is 11.0. The van der Waals surface area contributed by atoms with Crippen LogP contribution in [0.25, 0.3) is 11.1 Å². The fraction of sp³-hybridized carbons (Fsp3) is 0.259. The third kappa shape index (κ3) is 3.34. The van der Waals surface area contributed by atoms with Crippen LogP contribution in [0.3, 0.4) is 0 Å². The smallest absolute Gasteiger partial charge is 0.411 e. The Balaban J connectivity index is 1.41. The minimum absolute atomic E-state index is 0.0610. The Labute approximate surface area is 187 Å². The van der Waals surface area contributed by atoms with Crippen molar-refractivity contribution >= 4 is 12.1 Å². The summed E-state index contributed by atoms with van der Waals surface area (Å²) in [7, 11) is 0. The number of likely N-dealkylation sites (tertiary alicyclic amines) is 1. The minimum atomic E-state index is -0.991. The Kier molecular flexibility index (Phi) is 5.17. The number of carboxylic acid groups (broad SMARTS) is 1. The van der Waals surface area contributed by atoms with Crippen molar-refractivity contribution in [3.63, 3.8) is 0 Å². The van der Waals surface area contributed by atoms with Crippen LogP contribution >= 0.6 is 0 Å². The number of rotatable bonds is 4. The maximum absolute atomic E-state index is 13.3. The van der Waals surface area contributed by atoms with E-state index in [1.54, 1.807) is 0 Å². The second kappa shape index (κ2) is 8.15. The van der Waals surface area contributed by atoms with Crippen LogP contribution in [0.15, 0.2) is 72.8 Å². The number of benzene rings is 3. The molecule has 1 N–H and O–H groups in total. The number of aryl methyl sites for hydroxylation is 1. The van der Waals surface area contributed by atoms with Gasteiger partial charge in [0.2, 0.25) is 0 Å². The van der Waals surface area contributed by atoms with E-state index in [0.29, 0.717) is 12.8 Å². The van der Waals surface area contributed by atoms with Gasteiger partial charge < -0.3 is 9.84 Å². The van der Waals surface area contributed by atoms with Gasteiger partial charge in [-0.25, -0.2) is 9.59 Å². The number of fused-ring (bicyclic) bond motifs is 3. The van der Waals surface area contributed by atoms with Crippen LogP contribution in [0, 0.1) is 6.92 Å². The molecular formula is C27H25NO4. The molecule has 162 valence electrons. The van der Waals surface area contributed by atoms with Crippen molar-refractivity contribution in [2.24, 2.45) is 0 Å². The molecule has 0 bridgehead atoms. The first-order valence-corrected chi connectivity index (χ1v) is 11.0. The third-order valence-electron chi connectivity index (χ3n) is 6.76. The summed E-state index contributed by atoms with van der Waals surface area (Å²) >= 11 is 0. The molecule has 2 atom stereocenters. The van der Waals surface area contributed by atoms with Crippen molar-refractivity contribution in [1.29, 1.82) is 0 Å². The van der Waals surface area contributed by atoms with E-state index in [4.69, 9.17) is 4.74 Å². The first kappa shape index (κ1) is 20.3. The zero-order valence-corrected chi connectivity index (χ0v) is 17.9. The normalized spacial score (nSPS) is 19.5. The number of amides is 1. The molecule has 5 rings (SSSR count). The maximum atomic E-state index is 13.3. The summed E-state index contributed by atoms with van der Waals surface area (Å²) in [4.78, 5) is 26.6. The Morgan fingerprint density at radius 2 is 1.44 bits per heavy atom. The molecule has 3 aromatic rings. The molecule has 0 spiro atoms. The van der Waals surface area contributed by atoms with E-state index < -0.39 is 18.1 Å². The standard InChI is InChI=1S/C27H25NO4/c1-17-8-2-3-9-18(17)24-14-15-25(26(29)30)28(24)27(31)32-16-23-21-12-6-4-10-19(21)20-11-5-7-13-22(20)23/h2-13,23-25H,14-16H2,1H3,(H,29,30)/t24-,25+/m1/s1. The molecular weight excluding hydrogens is 402 g/mol. The molecule has 0 radical (unpaired) electrons. The number of ether oxygens (including phenoxy) is 1. The van der Waals surface area contributed by atoms with E-state index in [2.05, 4.69) is 24.3 Å². The lowest BCUT2D eigenvalue weighted by molar-refractivity contribution is -0.142. The molecule has 0 saturated carbocycles. The zero-order valence-electron chi connectivity index (χ0n) is 17.9. The molecule has 5 heteroatoms. The second-order valence-corrected chi connectivity index (χ2v) is 8.52. The summed E-state index contributed by atoms with van der Waals surface area (Å²) in [5.41, 5.74) is 6.60. The molecule has 1 aliphatic carbocycles. The lowest BCUT2D eigenvalue weighted by Gasteiger charge is -2.29. The molecule has 1 amide bonds. The van der Waals surface area contributed by atoms with Gasteiger partial charge in [0.25, 0.3) is 0 Å². The fourth-order valence-corrected chi connectivity index (χ4v) is 5.24. The molecule has 0 unspecified atom stereocenters. The molecule has 32 heavy (non-hydrogen) atoms. The van der Waals surface area contributed by atoms with Crippen LogP contribution in [-0.2, 0) is 9.53 Å². The predicted octanol–water partition coefficient (Wildman–Crippen LogP) is 5.53. The highest BCUT2D eigenvalue weighted by atomic mass is 16.6. The number of aliphatic carboxylic acids is 1. The SMILES string of the molecule is Cc1ccccc1[C@H]1CC[C@@H](C(=O)O)N1C(=O)OCC1c2ccccc2-c2ccccc21. The lowest BCUT2D eigenvalue weighted by atomic mass is 9.98. The lowest BCUT2D eigenvalue weighted by Crippen LogP contribution is -2.42. The average molecular weight is 428 g/mol. The van der Waals surface area contributed by atoms with Crippen LogP contribution in [0.1, 0.15) is 47.1 Å². The zero-order chi connectivity index (χ0) is 22.2. The number of hydrogen-bond donors (Lipinski definition) is 1. The van der Waals surface area contributed by atoms with Gasteiger partial charge in [-0.3, -0.25) is 4.90 Å². The topological polar surface area (TPSA) is 66.8 Å². The first-order chi connectivity index (χ1) is 15.6. The minimum Gasteiger partial charge on any atom is -0.480 e. The van der Waals surface area contributed by atoms with Crippen molar-refractivity contribution in [3.05, 3.63) is 95.1 Å². The van der Waals surface area contributed by atoms with Gasteiger partial charge in [-0.15, -0.1) is 0 Å². The fourth-order valence-electron chi connectivity index (χ4n) is 5.24. The molecule has 5 nitrogen and oxygen atoms in total. The van der Waals surface area contributed by atoms with E-state index in [-0.39, 0.29) is 18.6 Å². The van der Waals surface area contributed by atoms with E-state index in [1.807, 2.05) is 55.5 Å². The molecule has 0 aromatic heterocycles. The second-order valence-electron chi connectivity index (χ2n) is 8.52. The number of carbonyl (C=O) groups is 2. The number of carboxylic acids is 1. The van der Waals surface area contributed by atoms with Crippen LogP contribution in [0.2, 0.25) is 0 Å². The van der Waals surface area contributed by atoms with Crippen molar-refractivity contribution in [2.75, 3.05) is 6.61 Å². The highest BCUT2D eigenvalue weighted by Gasteiger charge is 2.43. The van der Waals surface area contributed by atoms with Gasteiger partial charge >= 0.3 is 12.1 Å². The van der Waals surface area contributed by atoms with Gasteiger partial charge in [0.05, 0.1) is 6.04 Å². The van der Waals surface area contributed by atoms with Crippen molar-refractivity contribution in [1.82, 2.24) is 4.90 Å². The summed E-state index contributed by atoms with van der Waals surface area (Å²) in [6.07, 6.45) is 0.454.